The molecule has 0 spiro atoms. The zero-order chi connectivity index (χ0) is 19.7. The van der Waals surface area contributed by atoms with E-state index >= 15 is 0 Å². The lowest BCUT2D eigenvalue weighted by molar-refractivity contribution is -0.146. The number of ether oxygens (including phenoxy) is 3. The molecule has 6 nitrogen and oxygen atoms in total. The van der Waals surface area contributed by atoms with E-state index in [0.29, 0.717) is 18.9 Å². The second-order valence-corrected chi connectivity index (χ2v) is 6.48. The van der Waals surface area contributed by atoms with Crippen LogP contribution in [0.5, 0.6) is 5.75 Å². The van der Waals surface area contributed by atoms with Crippen LogP contribution in [0.1, 0.15) is 25.0 Å². The van der Waals surface area contributed by atoms with Crippen molar-refractivity contribution in [3.8, 4) is 5.75 Å². The topological polar surface area (TPSA) is 73.9 Å². The minimum absolute atomic E-state index is 0.227. The summed E-state index contributed by atoms with van der Waals surface area (Å²) in [6.45, 7) is 4.47. The van der Waals surface area contributed by atoms with E-state index in [0.717, 1.165) is 11.1 Å². The van der Waals surface area contributed by atoms with Crippen molar-refractivity contribution in [3.63, 3.8) is 0 Å². The van der Waals surface area contributed by atoms with Crippen molar-refractivity contribution in [1.82, 2.24) is 5.32 Å². The van der Waals surface area contributed by atoms with E-state index in [4.69, 9.17) is 14.2 Å². The van der Waals surface area contributed by atoms with Crippen LogP contribution in [0.3, 0.4) is 0 Å². The Bertz CT molecular complexity index is 741. The summed E-state index contributed by atoms with van der Waals surface area (Å²) in [5.41, 5.74) is 1.04. The smallest absolute Gasteiger partial charge is 0.407 e. The second-order valence-electron chi connectivity index (χ2n) is 6.48. The van der Waals surface area contributed by atoms with Crippen LogP contribution in [0.25, 0.3) is 0 Å². The van der Waals surface area contributed by atoms with Gasteiger partial charge < -0.3 is 19.5 Å². The molecule has 27 heavy (non-hydrogen) atoms. The van der Waals surface area contributed by atoms with Gasteiger partial charge in [-0.2, -0.15) is 0 Å². The fraction of sp³-hybridized carbons (Fsp3) is 0.333. The summed E-state index contributed by atoms with van der Waals surface area (Å²) in [7, 11) is 1.37. The number of benzene rings is 2. The maximum atomic E-state index is 11.8. The second kappa shape index (κ2) is 9.62. The third kappa shape index (κ3) is 6.02. The number of methoxy groups -OCH3 is 1. The average molecular weight is 371 g/mol. The van der Waals surface area contributed by atoms with Gasteiger partial charge in [0.05, 0.1) is 19.1 Å². The minimum Gasteiger partial charge on any atom is -0.492 e. The van der Waals surface area contributed by atoms with Crippen LogP contribution in [0.4, 0.5) is 4.79 Å². The van der Waals surface area contributed by atoms with E-state index in [9.17, 15) is 9.59 Å². The molecule has 0 unspecified atom stereocenters. The van der Waals surface area contributed by atoms with Crippen molar-refractivity contribution < 1.29 is 23.8 Å². The van der Waals surface area contributed by atoms with E-state index in [2.05, 4.69) is 5.32 Å². The van der Waals surface area contributed by atoms with Gasteiger partial charge in [0.2, 0.25) is 0 Å². The molecule has 0 bridgehead atoms. The first-order chi connectivity index (χ1) is 12.9. The normalized spacial score (nSPS) is 10.8. The number of carbonyl (C=O) groups excluding carboxylic acids is 2. The van der Waals surface area contributed by atoms with Crippen LogP contribution in [-0.2, 0) is 26.3 Å². The Labute approximate surface area is 159 Å². The van der Waals surface area contributed by atoms with Gasteiger partial charge in [-0.3, -0.25) is 4.79 Å². The Hall–Kier alpha value is -3.02. The third-order valence-corrected chi connectivity index (χ3v) is 4.12. The zero-order valence-electron chi connectivity index (χ0n) is 15.9. The highest BCUT2D eigenvalue weighted by Gasteiger charge is 2.30. The van der Waals surface area contributed by atoms with E-state index < -0.39 is 11.5 Å². The van der Waals surface area contributed by atoms with E-state index in [1.54, 1.807) is 26.0 Å². The van der Waals surface area contributed by atoms with Crippen LogP contribution in [0.2, 0.25) is 0 Å². The van der Waals surface area contributed by atoms with Crippen LogP contribution >= 0.6 is 0 Å². The van der Waals surface area contributed by atoms with Gasteiger partial charge >= 0.3 is 12.1 Å². The van der Waals surface area contributed by atoms with Crippen molar-refractivity contribution >= 4 is 12.1 Å². The van der Waals surface area contributed by atoms with Gasteiger partial charge in [0.1, 0.15) is 19.0 Å². The number of rotatable bonds is 8. The Morgan fingerprint density at radius 2 is 1.67 bits per heavy atom. The SMILES string of the molecule is COC(=O)C(C)(C)c1ccc(OCCNC(=O)OCc2ccccc2)cc1. The molecule has 1 N–H and O–H groups in total. The fourth-order valence-electron chi connectivity index (χ4n) is 2.44. The summed E-state index contributed by atoms with van der Waals surface area (Å²) >= 11 is 0. The van der Waals surface area contributed by atoms with Gasteiger partial charge in [-0.05, 0) is 37.1 Å². The van der Waals surface area contributed by atoms with Gasteiger partial charge in [0.25, 0.3) is 0 Å². The van der Waals surface area contributed by atoms with Crippen LogP contribution in [0, 0.1) is 0 Å². The zero-order valence-corrected chi connectivity index (χ0v) is 15.9. The molecule has 0 fully saturated rings. The van der Waals surface area contributed by atoms with E-state index in [1.807, 2.05) is 42.5 Å². The lowest BCUT2D eigenvalue weighted by Gasteiger charge is -2.22. The molecular weight excluding hydrogens is 346 g/mol. The Morgan fingerprint density at radius 1 is 1.00 bits per heavy atom. The summed E-state index contributed by atoms with van der Waals surface area (Å²) in [5.74, 6) is 0.355. The van der Waals surface area contributed by atoms with Crippen LogP contribution in [0.15, 0.2) is 54.6 Å². The maximum Gasteiger partial charge on any atom is 0.407 e. The predicted molar refractivity (Wildman–Crippen MR) is 102 cm³/mol. The summed E-state index contributed by atoms with van der Waals surface area (Å²) < 4.78 is 15.5. The van der Waals surface area contributed by atoms with Crippen molar-refractivity contribution in [2.45, 2.75) is 25.9 Å². The molecule has 2 rings (SSSR count). The van der Waals surface area contributed by atoms with Crippen molar-refractivity contribution in [3.05, 3.63) is 65.7 Å². The van der Waals surface area contributed by atoms with Crippen molar-refractivity contribution in [2.75, 3.05) is 20.3 Å². The van der Waals surface area contributed by atoms with Gasteiger partial charge in [-0.1, -0.05) is 42.5 Å². The largest absolute Gasteiger partial charge is 0.492 e. The maximum absolute atomic E-state index is 11.8. The first kappa shape index (κ1) is 20.3. The molecule has 0 heterocycles. The number of carbonyl (C=O) groups is 2. The van der Waals surface area contributed by atoms with Crippen LogP contribution in [-0.4, -0.2) is 32.3 Å². The van der Waals surface area contributed by atoms with Gasteiger partial charge in [0, 0.05) is 0 Å². The molecule has 0 atom stereocenters. The summed E-state index contributed by atoms with van der Waals surface area (Å²) in [4.78, 5) is 23.5. The van der Waals surface area contributed by atoms with Gasteiger partial charge in [-0.15, -0.1) is 0 Å². The molecule has 2 aromatic carbocycles. The van der Waals surface area contributed by atoms with E-state index in [1.165, 1.54) is 7.11 Å². The van der Waals surface area contributed by atoms with E-state index in [-0.39, 0.29) is 12.6 Å². The quantitative estimate of drug-likeness (QED) is 0.568. The third-order valence-electron chi connectivity index (χ3n) is 4.12. The molecule has 144 valence electrons. The number of nitrogens with one attached hydrogen (secondary N) is 1. The standard InChI is InChI=1S/C21H25NO5/c1-21(2,19(23)25-3)17-9-11-18(12-10-17)26-14-13-22-20(24)27-15-16-7-5-4-6-8-16/h4-12H,13-15H2,1-3H3,(H,22,24). The number of hydrogen-bond donors (Lipinski definition) is 1. The monoisotopic (exact) mass is 371 g/mol. The lowest BCUT2D eigenvalue weighted by atomic mass is 9.85. The molecule has 0 aliphatic carbocycles. The Balaban J connectivity index is 1.71. The molecule has 2 aromatic rings. The lowest BCUT2D eigenvalue weighted by Crippen LogP contribution is -2.30. The number of alkyl carbamates (subject to hydrolysis) is 1. The van der Waals surface area contributed by atoms with Crippen molar-refractivity contribution in [1.29, 1.82) is 0 Å². The minimum atomic E-state index is -0.725. The number of esters is 1. The summed E-state index contributed by atoms with van der Waals surface area (Å²) in [6.07, 6.45) is -0.488. The number of amides is 1. The average Bonchev–Trinajstić information content (AvgIpc) is 2.70. The fourth-order valence-corrected chi connectivity index (χ4v) is 2.44. The summed E-state index contributed by atoms with van der Waals surface area (Å²) in [5, 5.41) is 2.63. The molecule has 0 radical (unpaired) electrons. The van der Waals surface area contributed by atoms with Crippen LogP contribution < -0.4 is 10.1 Å². The molecule has 0 aliphatic rings. The molecule has 1 amide bonds. The molecule has 6 heteroatoms. The highest BCUT2D eigenvalue weighted by atomic mass is 16.5. The molecular formula is C21H25NO5. The first-order valence-corrected chi connectivity index (χ1v) is 8.70. The van der Waals surface area contributed by atoms with Gasteiger partial charge in [0.15, 0.2) is 0 Å². The van der Waals surface area contributed by atoms with Crippen molar-refractivity contribution in [2.24, 2.45) is 0 Å². The highest BCUT2D eigenvalue weighted by Crippen LogP contribution is 2.26. The Morgan fingerprint density at radius 3 is 2.30 bits per heavy atom. The summed E-state index contributed by atoms with van der Waals surface area (Å²) in [6, 6.07) is 16.7. The van der Waals surface area contributed by atoms with Gasteiger partial charge in [-0.25, -0.2) is 4.79 Å². The molecule has 0 saturated heterocycles. The highest BCUT2D eigenvalue weighted by molar-refractivity contribution is 5.82. The number of hydrogen-bond acceptors (Lipinski definition) is 5. The molecule has 0 aromatic heterocycles. The first-order valence-electron chi connectivity index (χ1n) is 8.70. The molecule has 0 aliphatic heterocycles. The molecule has 0 saturated carbocycles. The Kier molecular flexibility index (Phi) is 7.23. The predicted octanol–water partition coefficient (Wildman–Crippen LogP) is 3.44.